The van der Waals surface area contributed by atoms with Crippen LogP contribution in [-0.4, -0.2) is 20.2 Å². The number of hydrogen-bond donors (Lipinski definition) is 2. The van der Waals surface area contributed by atoms with E-state index in [1.807, 2.05) is 23.6 Å². The Kier molecular flexibility index (Phi) is 6.33. The molecule has 0 radical (unpaired) electrons. The quantitative estimate of drug-likeness (QED) is 0.635. The summed E-state index contributed by atoms with van der Waals surface area (Å²) in [6.07, 6.45) is 2.52. The average Bonchev–Trinajstić information content (AvgIpc) is 3.16. The summed E-state index contributed by atoms with van der Waals surface area (Å²) in [6, 6.07) is 11.9. The summed E-state index contributed by atoms with van der Waals surface area (Å²) < 4.78 is 5.82. The van der Waals surface area contributed by atoms with Crippen LogP contribution in [0.25, 0.3) is 0 Å². The van der Waals surface area contributed by atoms with Gasteiger partial charge in [0.15, 0.2) is 0 Å². The van der Waals surface area contributed by atoms with Crippen LogP contribution >= 0.6 is 11.3 Å². The zero-order valence-electron chi connectivity index (χ0n) is 14.6. The molecule has 0 amide bonds. The predicted molar refractivity (Wildman–Crippen MR) is 101 cm³/mol. The van der Waals surface area contributed by atoms with E-state index in [4.69, 9.17) is 9.84 Å². The van der Waals surface area contributed by atoms with Gasteiger partial charge in [0.25, 0.3) is 0 Å². The van der Waals surface area contributed by atoms with E-state index in [0.717, 1.165) is 22.7 Å². The number of ether oxygens (including phenoxy) is 1. The Morgan fingerprint density at radius 1 is 1.12 bits per heavy atom. The molecule has 3 rings (SSSR count). The first-order chi connectivity index (χ1) is 12.7. The van der Waals surface area contributed by atoms with Crippen LogP contribution in [0.5, 0.6) is 5.75 Å². The molecule has 0 bridgehead atoms. The van der Waals surface area contributed by atoms with Gasteiger partial charge in [0.2, 0.25) is 0 Å². The number of thiazole rings is 1. The maximum atomic E-state index is 9.32. The van der Waals surface area contributed by atoms with Crippen LogP contribution in [0.4, 0.5) is 0 Å². The second-order valence-electron chi connectivity index (χ2n) is 6.16. The first-order valence-electron chi connectivity index (χ1n) is 8.50. The van der Waals surface area contributed by atoms with Crippen LogP contribution in [0.3, 0.4) is 0 Å². The molecule has 0 spiro atoms. The fourth-order valence-electron chi connectivity index (χ4n) is 2.74. The van der Waals surface area contributed by atoms with Crippen molar-refractivity contribution in [1.82, 2.24) is 9.97 Å². The largest absolute Gasteiger partial charge is 0.487 e. The fraction of sp³-hybridized carbons (Fsp3) is 0.300. The summed E-state index contributed by atoms with van der Waals surface area (Å²) in [5, 5.41) is 21.4. The molecule has 0 aliphatic carbocycles. The van der Waals surface area contributed by atoms with Crippen molar-refractivity contribution in [3.05, 3.63) is 75.5 Å². The Hall–Kier alpha value is -2.28. The zero-order valence-corrected chi connectivity index (χ0v) is 15.4. The molecule has 2 aromatic heterocycles. The van der Waals surface area contributed by atoms with Crippen molar-refractivity contribution < 1.29 is 14.9 Å². The molecule has 136 valence electrons. The van der Waals surface area contributed by atoms with Gasteiger partial charge in [-0.1, -0.05) is 31.2 Å². The third-order valence-electron chi connectivity index (χ3n) is 4.08. The maximum Gasteiger partial charge on any atom is 0.143 e. The molecule has 0 aliphatic heterocycles. The van der Waals surface area contributed by atoms with E-state index < -0.39 is 0 Å². The average molecular weight is 370 g/mol. The standard InChI is InChI=1S/C20H22N2O3S/c1-14(20-22-17(10-23)13-26-20)8-15-4-2-5-16(9-15)12-25-19-6-3-7-21-18(19)11-24/h2-7,9,13-14,23-24H,8,10-12H2,1H3. The van der Waals surface area contributed by atoms with Gasteiger partial charge in [-0.25, -0.2) is 4.98 Å². The number of benzene rings is 1. The minimum atomic E-state index is -0.141. The van der Waals surface area contributed by atoms with Crippen molar-refractivity contribution >= 4 is 11.3 Å². The van der Waals surface area contributed by atoms with Crippen molar-refractivity contribution in [2.75, 3.05) is 0 Å². The van der Waals surface area contributed by atoms with Crippen molar-refractivity contribution in [3.63, 3.8) is 0 Å². The SMILES string of the molecule is CC(Cc1cccc(COc2cccnc2CO)c1)c1nc(CO)cs1. The molecular formula is C20H22N2O3S. The number of rotatable bonds is 8. The maximum absolute atomic E-state index is 9.32. The molecule has 5 nitrogen and oxygen atoms in total. The summed E-state index contributed by atoms with van der Waals surface area (Å²) in [6.45, 7) is 2.41. The smallest absolute Gasteiger partial charge is 0.143 e. The molecule has 0 aliphatic rings. The summed E-state index contributed by atoms with van der Waals surface area (Å²) >= 11 is 1.59. The minimum Gasteiger partial charge on any atom is -0.487 e. The van der Waals surface area contributed by atoms with Gasteiger partial charge < -0.3 is 14.9 Å². The fourth-order valence-corrected chi connectivity index (χ4v) is 3.61. The highest BCUT2D eigenvalue weighted by Gasteiger charge is 2.12. The number of aliphatic hydroxyl groups excluding tert-OH is 2. The molecule has 3 aromatic rings. The van der Waals surface area contributed by atoms with E-state index >= 15 is 0 Å². The molecule has 6 heteroatoms. The summed E-state index contributed by atoms with van der Waals surface area (Å²) in [7, 11) is 0. The van der Waals surface area contributed by atoms with Crippen molar-refractivity contribution in [2.24, 2.45) is 0 Å². The molecule has 26 heavy (non-hydrogen) atoms. The molecule has 0 saturated heterocycles. The number of aromatic nitrogens is 2. The van der Waals surface area contributed by atoms with Gasteiger partial charge in [-0.3, -0.25) is 4.98 Å². The van der Waals surface area contributed by atoms with Crippen LogP contribution in [0.2, 0.25) is 0 Å². The van der Waals surface area contributed by atoms with Gasteiger partial charge >= 0.3 is 0 Å². The van der Waals surface area contributed by atoms with E-state index in [2.05, 4.69) is 29.0 Å². The van der Waals surface area contributed by atoms with E-state index in [1.165, 1.54) is 5.56 Å². The lowest BCUT2D eigenvalue weighted by Gasteiger charge is -2.12. The third-order valence-corrected chi connectivity index (χ3v) is 5.20. The summed E-state index contributed by atoms with van der Waals surface area (Å²) in [5.74, 6) is 0.892. The lowest BCUT2D eigenvalue weighted by atomic mass is 10.00. The van der Waals surface area contributed by atoms with Gasteiger partial charge in [-0.05, 0) is 29.7 Å². The molecule has 0 fully saturated rings. The molecule has 1 atom stereocenters. The number of pyridine rings is 1. The van der Waals surface area contributed by atoms with Gasteiger partial charge in [-0.15, -0.1) is 11.3 Å². The van der Waals surface area contributed by atoms with E-state index in [1.54, 1.807) is 23.6 Å². The van der Waals surface area contributed by atoms with Crippen LogP contribution in [0.1, 0.15) is 40.4 Å². The summed E-state index contributed by atoms with van der Waals surface area (Å²) in [5.41, 5.74) is 3.56. The topological polar surface area (TPSA) is 75.5 Å². The lowest BCUT2D eigenvalue weighted by molar-refractivity contribution is 0.253. The Morgan fingerprint density at radius 2 is 1.96 bits per heavy atom. The second-order valence-corrected chi connectivity index (χ2v) is 7.05. The van der Waals surface area contributed by atoms with Gasteiger partial charge in [0.05, 0.1) is 23.9 Å². The van der Waals surface area contributed by atoms with Crippen molar-refractivity contribution in [3.8, 4) is 5.75 Å². The Bertz CT molecular complexity index is 850. The Balaban J connectivity index is 1.64. The van der Waals surface area contributed by atoms with Gasteiger partial charge in [-0.2, -0.15) is 0 Å². The number of hydrogen-bond acceptors (Lipinski definition) is 6. The predicted octanol–water partition coefficient (Wildman–Crippen LogP) is 3.45. The number of aliphatic hydroxyl groups is 2. The number of nitrogens with zero attached hydrogens (tertiary/aromatic N) is 2. The first kappa shape index (κ1) is 18.5. The van der Waals surface area contributed by atoms with Crippen molar-refractivity contribution in [2.45, 2.75) is 39.1 Å². The van der Waals surface area contributed by atoms with Crippen LogP contribution in [0.15, 0.2) is 48.0 Å². The second kappa shape index (κ2) is 8.89. The summed E-state index contributed by atoms with van der Waals surface area (Å²) in [4.78, 5) is 8.57. The molecule has 1 unspecified atom stereocenters. The van der Waals surface area contributed by atoms with Crippen LogP contribution in [0, 0.1) is 0 Å². The van der Waals surface area contributed by atoms with E-state index in [0.29, 0.717) is 18.1 Å². The molecule has 2 heterocycles. The Morgan fingerprint density at radius 3 is 2.73 bits per heavy atom. The van der Waals surface area contributed by atoms with Gasteiger partial charge in [0.1, 0.15) is 18.1 Å². The van der Waals surface area contributed by atoms with E-state index in [-0.39, 0.29) is 19.1 Å². The highest BCUT2D eigenvalue weighted by atomic mass is 32.1. The minimum absolute atomic E-state index is 0.0137. The lowest BCUT2D eigenvalue weighted by Crippen LogP contribution is -2.02. The molecule has 1 aromatic carbocycles. The van der Waals surface area contributed by atoms with Gasteiger partial charge in [0, 0.05) is 17.5 Å². The highest BCUT2D eigenvalue weighted by molar-refractivity contribution is 7.09. The molecular weight excluding hydrogens is 348 g/mol. The third kappa shape index (κ3) is 4.66. The zero-order chi connectivity index (χ0) is 18.4. The monoisotopic (exact) mass is 370 g/mol. The van der Waals surface area contributed by atoms with Crippen LogP contribution < -0.4 is 4.74 Å². The van der Waals surface area contributed by atoms with E-state index in [9.17, 15) is 5.11 Å². The van der Waals surface area contributed by atoms with Crippen LogP contribution in [-0.2, 0) is 26.2 Å². The highest BCUT2D eigenvalue weighted by Crippen LogP contribution is 2.25. The Labute approximate surface area is 157 Å². The molecule has 2 N–H and O–H groups in total. The van der Waals surface area contributed by atoms with Crippen molar-refractivity contribution in [1.29, 1.82) is 0 Å². The normalized spacial score (nSPS) is 12.1. The molecule has 0 saturated carbocycles. The first-order valence-corrected chi connectivity index (χ1v) is 9.38.